The van der Waals surface area contributed by atoms with Crippen LogP contribution in [0.3, 0.4) is 0 Å². The summed E-state index contributed by atoms with van der Waals surface area (Å²) in [5, 5.41) is 8.21. The fourth-order valence-electron chi connectivity index (χ4n) is 5.21. The van der Waals surface area contributed by atoms with Crippen molar-refractivity contribution in [3.63, 3.8) is 0 Å². The number of rotatable bonds is 12. The Morgan fingerprint density at radius 3 is 1.88 bits per heavy atom. The van der Waals surface area contributed by atoms with Gasteiger partial charge in [0.25, 0.3) is 0 Å². The summed E-state index contributed by atoms with van der Waals surface area (Å²) in [6.07, 6.45) is 23.9. The molecule has 2 rings (SSSR count). The van der Waals surface area contributed by atoms with Crippen molar-refractivity contribution in [3.05, 3.63) is 0 Å². The Bertz CT molecular complexity index is 340. The molecule has 26 heavy (non-hydrogen) atoms. The van der Waals surface area contributed by atoms with Crippen molar-refractivity contribution in [1.29, 1.82) is 0 Å². The molecule has 0 amide bonds. The number of nitrogens with one attached hydrogen (secondary N) is 2. The van der Waals surface area contributed by atoms with Crippen LogP contribution in [0.4, 0.5) is 0 Å². The molecule has 154 valence electrons. The SMILES string of the molecule is CCCCCCCCC(NC1CCCCC1)C(C)(C)NC1CCCCC1. The quantitative estimate of drug-likeness (QED) is 0.375. The van der Waals surface area contributed by atoms with Gasteiger partial charge >= 0.3 is 0 Å². The highest BCUT2D eigenvalue weighted by molar-refractivity contribution is 4.96. The summed E-state index contributed by atoms with van der Waals surface area (Å²) in [5.41, 5.74) is 0.211. The average Bonchev–Trinajstić information content (AvgIpc) is 2.65. The molecule has 2 fully saturated rings. The van der Waals surface area contributed by atoms with Gasteiger partial charge in [0.05, 0.1) is 0 Å². The Morgan fingerprint density at radius 1 is 0.731 bits per heavy atom. The molecule has 0 aromatic carbocycles. The van der Waals surface area contributed by atoms with Crippen molar-refractivity contribution < 1.29 is 0 Å². The molecular weight excluding hydrogens is 316 g/mol. The summed E-state index contributed by atoms with van der Waals surface area (Å²) in [5.74, 6) is 0. The molecule has 0 aliphatic heterocycles. The molecule has 1 atom stereocenters. The molecule has 2 saturated carbocycles. The second-order valence-corrected chi connectivity index (χ2v) is 9.81. The first-order valence-electron chi connectivity index (χ1n) is 12.2. The Kier molecular flexibility index (Phi) is 10.6. The fraction of sp³-hybridized carbons (Fsp3) is 1.00. The largest absolute Gasteiger partial charge is 0.309 e. The Balaban J connectivity index is 1.84. The first-order chi connectivity index (χ1) is 12.6. The molecule has 2 aliphatic carbocycles. The highest BCUT2D eigenvalue weighted by Crippen LogP contribution is 2.26. The van der Waals surface area contributed by atoms with E-state index < -0.39 is 0 Å². The van der Waals surface area contributed by atoms with E-state index in [1.165, 1.54) is 109 Å². The van der Waals surface area contributed by atoms with Crippen molar-refractivity contribution in [3.8, 4) is 0 Å². The third kappa shape index (κ3) is 8.30. The van der Waals surface area contributed by atoms with Crippen LogP contribution in [0.25, 0.3) is 0 Å². The maximum Gasteiger partial charge on any atom is 0.0280 e. The summed E-state index contributed by atoms with van der Waals surface area (Å²) in [7, 11) is 0. The lowest BCUT2D eigenvalue weighted by Crippen LogP contribution is -2.60. The predicted octanol–water partition coefficient (Wildman–Crippen LogP) is 6.73. The van der Waals surface area contributed by atoms with Crippen LogP contribution in [-0.4, -0.2) is 23.7 Å². The normalized spacial score (nSPS) is 21.8. The van der Waals surface area contributed by atoms with Gasteiger partial charge in [-0.1, -0.05) is 84.0 Å². The second kappa shape index (κ2) is 12.4. The summed E-state index contributed by atoms with van der Waals surface area (Å²) in [6, 6.07) is 2.14. The van der Waals surface area contributed by atoms with Crippen LogP contribution in [-0.2, 0) is 0 Å². The zero-order valence-electron chi connectivity index (χ0n) is 18.3. The molecule has 2 aliphatic rings. The molecular formula is C24H48N2. The highest BCUT2D eigenvalue weighted by Gasteiger charge is 2.33. The molecule has 2 nitrogen and oxygen atoms in total. The lowest BCUT2D eigenvalue weighted by Gasteiger charge is -2.42. The van der Waals surface area contributed by atoms with E-state index in [-0.39, 0.29) is 5.54 Å². The van der Waals surface area contributed by atoms with E-state index in [0.717, 1.165) is 12.1 Å². The van der Waals surface area contributed by atoms with E-state index in [0.29, 0.717) is 6.04 Å². The van der Waals surface area contributed by atoms with Crippen LogP contribution < -0.4 is 10.6 Å². The Hall–Kier alpha value is -0.0800. The summed E-state index contributed by atoms with van der Waals surface area (Å²) < 4.78 is 0. The van der Waals surface area contributed by atoms with Crippen molar-refractivity contribution >= 4 is 0 Å². The lowest BCUT2D eigenvalue weighted by atomic mass is 9.84. The maximum atomic E-state index is 4.13. The molecule has 0 radical (unpaired) electrons. The van der Waals surface area contributed by atoms with Gasteiger partial charge in [-0.2, -0.15) is 0 Å². The molecule has 0 saturated heterocycles. The molecule has 2 N–H and O–H groups in total. The van der Waals surface area contributed by atoms with Crippen LogP contribution in [0.2, 0.25) is 0 Å². The average molecular weight is 365 g/mol. The number of hydrogen-bond acceptors (Lipinski definition) is 2. The van der Waals surface area contributed by atoms with E-state index in [9.17, 15) is 0 Å². The van der Waals surface area contributed by atoms with Gasteiger partial charge in [-0.05, 0) is 46.0 Å². The van der Waals surface area contributed by atoms with Gasteiger partial charge in [0.2, 0.25) is 0 Å². The van der Waals surface area contributed by atoms with Crippen LogP contribution in [0, 0.1) is 0 Å². The monoisotopic (exact) mass is 364 g/mol. The van der Waals surface area contributed by atoms with Gasteiger partial charge in [-0.25, -0.2) is 0 Å². The first kappa shape index (κ1) is 22.2. The van der Waals surface area contributed by atoms with E-state index in [4.69, 9.17) is 0 Å². The second-order valence-electron chi connectivity index (χ2n) is 9.81. The fourth-order valence-corrected chi connectivity index (χ4v) is 5.21. The first-order valence-corrected chi connectivity index (χ1v) is 12.2. The van der Waals surface area contributed by atoms with Crippen LogP contribution >= 0.6 is 0 Å². The summed E-state index contributed by atoms with van der Waals surface area (Å²) in [6.45, 7) is 7.25. The summed E-state index contributed by atoms with van der Waals surface area (Å²) in [4.78, 5) is 0. The van der Waals surface area contributed by atoms with Gasteiger partial charge in [-0.3, -0.25) is 0 Å². The molecule has 0 spiro atoms. The minimum Gasteiger partial charge on any atom is -0.309 e. The molecule has 0 aromatic heterocycles. The third-order valence-corrected chi connectivity index (χ3v) is 6.94. The van der Waals surface area contributed by atoms with Crippen molar-refractivity contribution in [2.24, 2.45) is 0 Å². The van der Waals surface area contributed by atoms with Crippen LogP contribution in [0.1, 0.15) is 130 Å². The van der Waals surface area contributed by atoms with Gasteiger partial charge in [-0.15, -0.1) is 0 Å². The smallest absolute Gasteiger partial charge is 0.0280 e. The van der Waals surface area contributed by atoms with Gasteiger partial charge in [0.1, 0.15) is 0 Å². The third-order valence-electron chi connectivity index (χ3n) is 6.94. The minimum atomic E-state index is 0.211. The van der Waals surface area contributed by atoms with Gasteiger partial charge in [0.15, 0.2) is 0 Å². The minimum absolute atomic E-state index is 0.211. The van der Waals surface area contributed by atoms with E-state index in [2.05, 4.69) is 31.4 Å². The zero-order valence-corrected chi connectivity index (χ0v) is 18.3. The standard InChI is InChI=1S/C24H48N2/c1-4-5-6-7-8-15-20-23(25-21-16-11-9-12-17-21)24(2,3)26-22-18-13-10-14-19-22/h21-23,25-26H,4-20H2,1-3H3. The van der Waals surface area contributed by atoms with Crippen molar-refractivity contribution in [2.75, 3.05) is 0 Å². The van der Waals surface area contributed by atoms with Gasteiger partial charge < -0.3 is 10.6 Å². The van der Waals surface area contributed by atoms with Crippen molar-refractivity contribution in [1.82, 2.24) is 10.6 Å². The molecule has 1 unspecified atom stereocenters. The predicted molar refractivity (Wildman–Crippen MR) is 116 cm³/mol. The molecule has 0 heterocycles. The number of unbranched alkanes of at least 4 members (excludes halogenated alkanes) is 5. The molecule has 0 aromatic rings. The Morgan fingerprint density at radius 2 is 1.27 bits per heavy atom. The van der Waals surface area contributed by atoms with Gasteiger partial charge in [0, 0.05) is 23.7 Å². The van der Waals surface area contributed by atoms with Crippen LogP contribution in [0.5, 0.6) is 0 Å². The lowest BCUT2D eigenvalue weighted by molar-refractivity contribution is 0.188. The summed E-state index contributed by atoms with van der Waals surface area (Å²) >= 11 is 0. The van der Waals surface area contributed by atoms with E-state index >= 15 is 0 Å². The zero-order chi connectivity index (χ0) is 18.7. The Labute approximate surface area is 164 Å². The van der Waals surface area contributed by atoms with E-state index in [1.807, 2.05) is 0 Å². The molecule has 0 bridgehead atoms. The van der Waals surface area contributed by atoms with Crippen LogP contribution in [0.15, 0.2) is 0 Å². The topological polar surface area (TPSA) is 24.1 Å². The maximum absolute atomic E-state index is 4.13. The van der Waals surface area contributed by atoms with E-state index in [1.54, 1.807) is 0 Å². The highest BCUT2D eigenvalue weighted by atomic mass is 15.1. The number of hydrogen-bond donors (Lipinski definition) is 2. The molecule has 2 heteroatoms. The van der Waals surface area contributed by atoms with Crippen molar-refractivity contribution in [2.45, 2.75) is 154 Å².